The zero-order chi connectivity index (χ0) is 23.7. The van der Waals surface area contributed by atoms with E-state index in [1.807, 2.05) is 43.5 Å². The van der Waals surface area contributed by atoms with Crippen LogP contribution in [0.4, 0.5) is 5.82 Å². The van der Waals surface area contributed by atoms with Crippen LogP contribution >= 0.6 is 0 Å². The topological polar surface area (TPSA) is 100 Å². The van der Waals surface area contributed by atoms with Gasteiger partial charge in [-0.05, 0) is 56.2 Å². The molecule has 1 amide bonds. The maximum absolute atomic E-state index is 12.5. The summed E-state index contributed by atoms with van der Waals surface area (Å²) in [6, 6.07) is 15.9. The molecule has 0 saturated heterocycles. The van der Waals surface area contributed by atoms with Gasteiger partial charge in [0.25, 0.3) is 5.91 Å². The van der Waals surface area contributed by atoms with Crippen LogP contribution in [0, 0.1) is 6.92 Å². The Kier molecular flexibility index (Phi) is 5.71. The molecule has 0 radical (unpaired) electrons. The number of aromatic nitrogens is 5. The van der Waals surface area contributed by atoms with Crippen molar-refractivity contribution < 1.29 is 4.79 Å². The fourth-order valence-corrected chi connectivity index (χ4v) is 3.93. The number of anilines is 1. The molecule has 5 aromatic rings. The van der Waals surface area contributed by atoms with Crippen LogP contribution in [-0.2, 0) is 6.54 Å². The van der Waals surface area contributed by atoms with Crippen LogP contribution < -0.4 is 10.6 Å². The van der Waals surface area contributed by atoms with Crippen LogP contribution in [0.5, 0.6) is 0 Å². The van der Waals surface area contributed by atoms with Crippen molar-refractivity contribution in [1.82, 2.24) is 29.9 Å². The molecule has 2 aromatic carbocycles. The molecule has 1 atom stereocenters. The molecule has 0 spiro atoms. The molecule has 3 aromatic heterocycles. The van der Waals surface area contributed by atoms with E-state index >= 15 is 0 Å². The number of amides is 1. The minimum absolute atomic E-state index is 0.0607. The zero-order valence-electron chi connectivity index (χ0n) is 19.5. The molecule has 5 rings (SSSR count). The first-order chi connectivity index (χ1) is 16.5. The van der Waals surface area contributed by atoms with Gasteiger partial charge in [0, 0.05) is 23.4 Å². The summed E-state index contributed by atoms with van der Waals surface area (Å²) >= 11 is 0. The Morgan fingerprint density at radius 1 is 1.15 bits per heavy atom. The highest BCUT2D eigenvalue weighted by Gasteiger charge is 2.16. The molecular formula is C26H27N7O. The molecule has 3 heterocycles. The molecule has 0 aliphatic heterocycles. The summed E-state index contributed by atoms with van der Waals surface area (Å²) in [7, 11) is 0. The maximum Gasteiger partial charge on any atom is 0.251 e. The number of hydrogen-bond donors (Lipinski definition) is 3. The van der Waals surface area contributed by atoms with Crippen molar-refractivity contribution in [2.45, 2.75) is 39.8 Å². The molecule has 0 aliphatic carbocycles. The number of benzene rings is 2. The van der Waals surface area contributed by atoms with Gasteiger partial charge in [0.15, 0.2) is 11.5 Å². The molecule has 34 heavy (non-hydrogen) atoms. The molecule has 8 nitrogen and oxygen atoms in total. The van der Waals surface area contributed by atoms with Gasteiger partial charge in [-0.25, -0.2) is 9.97 Å². The molecule has 3 N–H and O–H groups in total. The second-order valence-corrected chi connectivity index (χ2v) is 8.55. The lowest BCUT2D eigenvalue weighted by Crippen LogP contribution is -2.31. The van der Waals surface area contributed by atoms with Crippen LogP contribution in [0.1, 0.15) is 41.9 Å². The Balaban J connectivity index is 1.56. The minimum atomic E-state index is -0.0607. The minimum Gasteiger partial charge on any atom is -0.361 e. The van der Waals surface area contributed by atoms with E-state index in [1.165, 1.54) is 0 Å². The van der Waals surface area contributed by atoms with Crippen LogP contribution in [0.3, 0.4) is 0 Å². The lowest BCUT2D eigenvalue weighted by molar-refractivity contribution is 0.0939. The standard InChI is InChI=1S/C26H27N7O/c1-4-17(3)30-26(34)19-8-6-18(7-9-19)23-15-28-25-24(27-14-20-11-12-29-32-20)31-21-13-16(2)5-10-22(21)33(23)25/h5-13,15,17H,4,14H2,1-3H3,(H,27,31)(H,29,32)(H,30,34). The molecule has 0 aliphatic rings. The SMILES string of the molecule is CCC(C)NC(=O)c1ccc(-c2cnc3c(NCc4ccn[nH]4)nc4cc(C)ccc4n23)cc1. The smallest absolute Gasteiger partial charge is 0.251 e. The molecule has 0 fully saturated rings. The Hall–Kier alpha value is -4.20. The van der Waals surface area contributed by atoms with Crippen molar-refractivity contribution in [1.29, 1.82) is 0 Å². The fraction of sp³-hybridized carbons (Fsp3) is 0.231. The average molecular weight is 454 g/mol. The maximum atomic E-state index is 12.5. The van der Waals surface area contributed by atoms with Gasteiger partial charge in [0.05, 0.1) is 35.2 Å². The van der Waals surface area contributed by atoms with Crippen LogP contribution in [0.2, 0.25) is 0 Å². The number of hydrogen-bond acceptors (Lipinski definition) is 5. The molecule has 0 saturated carbocycles. The predicted molar refractivity (Wildman–Crippen MR) is 134 cm³/mol. The van der Waals surface area contributed by atoms with Gasteiger partial charge in [-0.1, -0.05) is 25.1 Å². The van der Waals surface area contributed by atoms with Gasteiger partial charge in [0.2, 0.25) is 0 Å². The normalized spacial score (nSPS) is 12.2. The van der Waals surface area contributed by atoms with Gasteiger partial charge in [-0.15, -0.1) is 0 Å². The molecule has 0 bridgehead atoms. The molecule has 172 valence electrons. The number of carbonyl (C=O) groups is 1. The third-order valence-corrected chi connectivity index (χ3v) is 6.02. The number of aromatic amines is 1. The number of fused-ring (bicyclic) bond motifs is 3. The Bertz CT molecular complexity index is 1450. The van der Waals surface area contributed by atoms with Gasteiger partial charge in [-0.3, -0.25) is 14.3 Å². The van der Waals surface area contributed by atoms with Crippen molar-refractivity contribution in [3.63, 3.8) is 0 Å². The Morgan fingerprint density at radius 3 is 2.71 bits per heavy atom. The first-order valence-electron chi connectivity index (χ1n) is 11.4. The largest absolute Gasteiger partial charge is 0.361 e. The second-order valence-electron chi connectivity index (χ2n) is 8.55. The zero-order valence-corrected chi connectivity index (χ0v) is 19.5. The number of imidazole rings is 1. The quantitative estimate of drug-likeness (QED) is 0.331. The van der Waals surface area contributed by atoms with Crippen LogP contribution in [-0.4, -0.2) is 36.5 Å². The summed E-state index contributed by atoms with van der Waals surface area (Å²) in [6.45, 7) is 6.67. The average Bonchev–Trinajstić information content (AvgIpc) is 3.53. The van der Waals surface area contributed by atoms with E-state index in [0.717, 1.165) is 45.6 Å². The van der Waals surface area contributed by atoms with E-state index in [9.17, 15) is 4.79 Å². The Labute approximate surface area is 197 Å². The Morgan fingerprint density at radius 2 is 1.97 bits per heavy atom. The van der Waals surface area contributed by atoms with Crippen LogP contribution in [0.15, 0.2) is 60.9 Å². The lowest BCUT2D eigenvalue weighted by Gasteiger charge is -2.13. The highest BCUT2D eigenvalue weighted by atomic mass is 16.1. The third kappa shape index (κ3) is 4.10. The van der Waals surface area contributed by atoms with Gasteiger partial charge < -0.3 is 10.6 Å². The van der Waals surface area contributed by atoms with E-state index in [-0.39, 0.29) is 11.9 Å². The number of nitrogens with zero attached hydrogens (tertiary/aromatic N) is 4. The molecular weight excluding hydrogens is 426 g/mol. The number of H-pyrrole nitrogens is 1. The first-order valence-corrected chi connectivity index (χ1v) is 11.4. The summed E-state index contributed by atoms with van der Waals surface area (Å²) < 4.78 is 2.12. The van der Waals surface area contributed by atoms with E-state index in [2.05, 4.69) is 57.3 Å². The van der Waals surface area contributed by atoms with Gasteiger partial charge in [0.1, 0.15) is 0 Å². The monoisotopic (exact) mass is 453 g/mol. The summed E-state index contributed by atoms with van der Waals surface area (Å²) in [5.41, 5.74) is 7.23. The highest BCUT2D eigenvalue weighted by Crippen LogP contribution is 2.29. The summed E-state index contributed by atoms with van der Waals surface area (Å²) in [5.74, 6) is 0.637. The van der Waals surface area contributed by atoms with E-state index < -0.39 is 0 Å². The van der Waals surface area contributed by atoms with Crippen molar-refractivity contribution in [2.24, 2.45) is 0 Å². The number of rotatable bonds is 7. The van der Waals surface area contributed by atoms with Gasteiger partial charge >= 0.3 is 0 Å². The number of carbonyl (C=O) groups excluding carboxylic acids is 1. The summed E-state index contributed by atoms with van der Waals surface area (Å²) in [6.07, 6.45) is 4.47. The number of aryl methyl sites for hydroxylation is 1. The lowest BCUT2D eigenvalue weighted by atomic mass is 10.1. The van der Waals surface area contributed by atoms with Crippen molar-refractivity contribution >= 4 is 28.4 Å². The summed E-state index contributed by atoms with van der Waals surface area (Å²) in [5, 5.41) is 13.4. The first kappa shape index (κ1) is 21.6. The number of nitrogens with one attached hydrogen (secondary N) is 3. The summed E-state index contributed by atoms with van der Waals surface area (Å²) in [4.78, 5) is 22.1. The van der Waals surface area contributed by atoms with Crippen molar-refractivity contribution in [3.8, 4) is 11.3 Å². The van der Waals surface area contributed by atoms with Crippen molar-refractivity contribution in [3.05, 3.63) is 77.7 Å². The van der Waals surface area contributed by atoms with Gasteiger partial charge in [-0.2, -0.15) is 5.10 Å². The predicted octanol–water partition coefficient (Wildman–Crippen LogP) is 4.72. The molecule has 8 heteroatoms. The third-order valence-electron chi connectivity index (χ3n) is 6.02. The fourth-order valence-electron chi connectivity index (χ4n) is 3.93. The van der Waals surface area contributed by atoms with E-state index in [4.69, 9.17) is 9.97 Å². The van der Waals surface area contributed by atoms with E-state index in [1.54, 1.807) is 6.20 Å². The van der Waals surface area contributed by atoms with E-state index in [0.29, 0.717) is 17.9 Å². The van der Waals surface area contributed by atoms with Crippen molar-refractivity contribution in [2.75, 3.05) is 5.32 Å². The van der Waals surface area contributed by atoms with Crippen LogP contribution in [0.25, 0.3) is 27.9 Å². The highest BCUT2D eigenvalue weighted by molar-refractivity contribution is 5.95. The second kappa shape index (κ2) is 8.97. The molecule has 1 unspecified atom stereocenters.